The lowest BCUT2D eigenvalue weighted by Gasteiger charge is -2.18. The number of carbonyl (C=O) groups excluding carboxylic acids is 2. The van der Waals surface area contributed by atoms with Gasteiger partial charge in [-0.3, -0.25) is 9.69 Å². The van der Waals surface area contributed by atoms with E-state index in [4.69, 9.17) is 13.9 Å². The maximum absolute atomic E-state index is 12.9. The van der Waals surface area contributed by atoms with E-state index in [2.05, 4.69) is 11.9 Å². The van der Waals surface area contributed by atoms with Gasteiger partial charge in [0, 0.05) is 23.3 Å². The second-order valence-corrected chi connectivity index (χ2v) is 9.17. The van der Waals surface area contributed by atoms with E-state index in [0.29, 0.717) is 22.0 Å². The Morgan fingerprint density at radius 3 is 2.51 bits per heavy atom. The number of fused-ring (bicyclic) bond motifs is 1. The number of ether oxygens (including phenoxy) is 2. The second kappa shape index (κ2) is 10.8. The molecule has 0 saturated carbocycles. The van der Waals surface area contributed by atoms with Crippen molar-refractivity contribution < 1.29 is 23.5 Å². The largest absolute Gasteiger partial charge is 0.453 e. The minimum atomic E-state index is -0.586. The highest BCUT2D eigenvalue weighted by atomic mass is 32.1. The van der Waals surface area contributed by atoms with Crippen LogP contribution in [0.1, 0.15) is 55.1 Å². The molecule has 8 heteroatoms. The molecule has 35 heavy (non-hydrogen) atoms. The zero-order chi connectivity index (χ0) is 24.9. The van der Waals surface area contributed by atoms with Crippen molar-refractivity contribution in [2.24, 2.45) is 0 Å². The Kier molecular flexibility index (Phi) is 7.63. The second-order valence-electron chi connectivity index (χ2n) is 8.34. The van der Waals surface area contributed by atoms with Gasteiger partial charge in [-0.25, -0.2) is 9.78 Å². The van der Waals surface area contributed by atoms with Crippen molar-refractivity contribution >= 4 is 45.0 Å². The molecule has 0 N–H and O–H groups in total. The Hall–Kier alpha value is -3.49. The minimum absolute atomic E-state index is 0.00311. The first kappa shape index (κ1) is 24.6. The lowest BCUT2D eigenvalue weighted by molar-refractivity contribution is -0.115. The summed E-state index contributed by atoms with van der Waals surface area (Å²) >= 11 is 1.32. The third-order valence-electron chi connectivity index (χ3n) is 5.44. The molecule has 0 aliphatic rings. The van der Waals surface area contributed by atoms with Crippen molar-refractivity contribution in [3.8, 4) is 0 Å². The van der Waals surface area contributed by atoms with E-state index in [1.54, 1.807) is 16.3 Å². The normalized spacial score (nSPS) is 11.2. The molecule has 182 valence electrons. The molecule has 4 rings (SSSR count). The smallest absolute Gasteiger partial charge is 0.375 e. The zero-order valence-electron chi connectivity index (χ0n) is 20.2. The summed E-state index contributed by atoms with van der Waals surface area (Å²) < 4.78 is 17.1. The summed E-state index contributed by atoms with van der Waals surface area (Å²) in [7, 11) is 0. The summed E-state index contributed by atoms with van der Waals surface area (Å²) in [6.45, 7) is 7.64. The van der Waals surface area contributed by atoms with Crippen LogP contribution in [0.15, 0.2) is 58.3 Å². The molecule has 0 fully saturated rings. The zero-order valence-corrected chi connectivity index (χ0v) is 21.1. The van der Waals surface area contributed by atoms with E-state index in [0.717, 1.165) is 17.5 Å². The first-order chi connectivity index (χ1) is 16.9. The van der Waals surface area contributed by atoms with Gasteiger partial charge in [-0.05, 0) is 44.0 Å². The number of nitrogens with zero attached hydrogens (tertiary/aromatic N) is 2. The fourth-order valence-corrected chi connectivity index (χ4v) is 4.51. The van der Waals surface area contributed by atoms with Gasteiger partial charge in [0.1, 0.15) is 12.2 Å². The maximum atomic E-state index is 12.9. The van der Waals surface area contributed by atoms with Crippen molar-refractivity contribution in [2.45, 2.75) is 53.4 Å². The number of furan rings is 1. The molecule has 0 saturated heterocycles. The number of benzene rings is 2. The summed E-state index contributed by atoms with van der Waals surface area (Å²) in [6, 6.07) is 15.2. The van der Waals surface area contributed by atoms with Gasteiger partial charge in [0.15, 0.2) is 5.13 Å². The number of anilines is 2. The fourth-order valence-electron chi connectivity index (χ4n) is 3.63. The predicted molar refractivity (Wildman–Crippen MR) is 136 cm³/mol. The molecule has 0 atom stereocenters. The van der Waals surface area contributed by atoms with Crippen LogP contribution in [0.2, 0.25) is 0 Å². The van der Waals surface area contributed by atoms with Gasteiger partial charge in [0.2, 0.25) is 11.7 Å². The predicted octanol–water partition coefficient (Wildman–Crippen LogP) is 6.42. The number of thiazole rings is 1. The van der Waals surface area contributed by atoms with Crippen molar-refractivity contribution in [1.82, 2.24) is 4.98 Å². The van der Waals surface area contributed by atoms with E-state index < -0.39 is 5.97 Å². The van der Waals surface area contributed by atoms with Crippen molar-refractivity contribution in [2.75, 3.05) is 4.90 Å². The third kappa shape index (κ3) is 5.61. The average Bonchev–Trinajstić information content (AvgIpc) is 3.46. The highest BCUT2D eigenvalue weighted by molar-refractivity contribution is 7.14. The number of aromatic nitrogens is 1. The van der Waals surface area contributed by atoms with E-state index in [1.165, 1.54) is 23.8 Å². The molecule has 2 heterocycles. The van der Waals surface area contributed by atoms with Gasteiger partial charge >= 0.3 is 5.97 Å². The number of aryl methyl sites for hydroxylation is 1. The van der Waals surface area contributed by atoms with Crippen LogP contribution in [0.4, 0.5) is 10.8 Å². The molecule has 7 nitrogen and oxygen atoms in total. The molecule has 2 aromatic carbocycles. The van der Waals surface area contributed by atoms with Gasteiger partial charge in [-0.15, -0.1) is 11.3 Å². The van der Waals surface area contributed by atoms with Crippen molar-refractivity contribution in [3.63, 3.8) is 0 Å². The SMILES string of the molecule is CCc1ccc(N(C(C)=O)c2nc(COC(=O)c3oc4ccccc4c3COC(C)C)cs2)cc1. The summed E-state index contributed by atoms with van der Waals surface area (Å²) in [5, 5.41) is 3.12. The van der Waals surface area contributed by atoms with Gasteiger partial charge in [0.25, 0.3) is 0 Å². The first-order valence-electron chi connectivity index (χ1n) is 11.5. The molecular weight excluding hydrogens is 464 g/mol. The average molecular weight is 493 g/mol. The number of para-hydroxylation sites is 1. The van der Waals surface area contributed by atoms with Crippen LogP contribution in [0, 0.1) is 0 Å². The number of rotatable bonds is 9. The van der Waals surface area contributed by atoms with E-state index in [1.807, 2.05) is 56.3 Å². The Morgan fingerprint density at radius 1 is 1.09 bits per heavy atom. The van der Waals surface area contributed by atoms with Gasteiger partial charge in [-0.2, -0.15) is 0 Å². The molecule has 0 bridgehead atoms. The topological polar surface area (TPSA) is 81.9 Å². The summed E-state index contributed by atoms with van der Waals surface area (Å²) in [4.78, 5) is 31.4. The molecular formula is C27H28N2O5S. The number of hydrogen-bond donors (Lipinski definition) is 0. The molecule has 0 unspecified atom stereocenters. The van der Waals surface area contributed by atoms with Gasteiger partial charge < -0.3 is 13.9 Å². The number of amides is 1. The van der Waals surface area contributed by atoms with Crippen LogP contribution in [0.25, 0.3) is 11.0 Å². The number of carbonyl (C=O) groups is 2. The molecule has 2 aromatic heterocycles. The van der Waals surface area contributed by atoms with Gasteiger partial charge in [-0.1, -0.05) is 37.3 Å². The Labute approximate surface area is 208 Å². The Balaban J connectivity index is 1.50. The maximum Gasteiger partial charge on any atom is 0.375 e. The Bertz CT molecular complexity index is 1320. The quantitative estimate of drug-likeness (QED) is 0.251. The van der Waals surface area contributed by atoms with Crippen LogP contribution in [-0.2, 0) is 33.9 Å². The summed E-state index contributed by atoms with van der Waals surface area (Å²) in [6.07, 6.45) is 0.923. The van der Waals surface area contributed by atoms with E-state index in [-0.39, 0.29) is 31.0 Å². The van der Waals surface area contributed by atoms with Crippen LogP contribution in [0.3, 0.4) is 0 Å². The highest BCUT2D eigenvalue weighted by Gasteiger charge is 2.23. The van der Waals surface area contributed by atoms with Crippen LogP contribution in [0.5, 0.6) is 0 Å². The minimum Gasteiger partial charge on any atom is -0.453 e. The van der Waals surface area contributed by atoms with E-state index >= 15 is 0 Å². The number of esters is 1. The molecule has 0 aliphatic carbocycles. The van der Waals surface area contributed by atoms with Crippen LogP contribution in [-0.4, -0.2) is 23.0 Å². The third-order valence-corrected chi connectivity index (χ3v) is 6.32. The monoisotopic (exact) mass is 492 g/mol. The molecule has 0 radical (unpaired) electrons. The molecule has 0 aliphatic heterocycles. The van der Waals surface area contributed by atoms with Crippen molar-refractivity contribution in [3.05, 3.63) is 76.5 Å². The van der Waals surface area contributed by atoms with Crippen LogP contribution >= 0.6 is 11.3 Å². The Morgan fingerprint density at radius 2 is 1.83 bits per heavy atom. The fraction of sp³-hybridized carbons (Fsp3) is 0.296. The molecule has 1 amide bonds. The summed E-state index contributed by atoms with van der Waals surface area (Å²) in [5.74, 6) is -0.607. The molecule has 4 aromatic rings. The first-order valence-corrected chi connectivity index (χ1v) is 12.4. The lowest BCUT2D eigenvalue weighted by Crippen LogP contribution is -2.22. The van der Waals surface area contributed by atoms with Crippen molar-refractivity contribution in [1.29, 1.82) is 0 Å². The van der Waals surface area contributed by atoms with E-state index in [9.17, 15) is 9.59 Å². The summed E-state index contributed by atoms with van der Waals surface area (Å²) in [5.41, 5.74) is 3.74. The highest BCUT2D eigenvalue weighted by Crippen LogP contribution is 2.31. The number of hydrogen-bond acceptors (Lipinski definition) is 7. The van der Waals surface area contributed by atoms with Crippen LogP contribution < -0.4 is 4.90 Å². The molecule has 0 spiro atoms. The van der Waals surface area contributed by atoms with Gasteiger partial charge in [0.05, 0.1) is 24.1 Å². The standard InChI is InChI=1S/C27H28N2O5S/c1-5-19-10-12-21(13-11-19)29(18(4)30)27-28-20(16-35-27)14-33-26(31)25-23(15-32-17(2)3)22-8-6-7-9-24(22)34-25/h6-13,16-17H,5,14-15H2,1-4H3. The lowest BCUT2D eigenvalue weighted by atomic mass is 10.1.